The van der Waals surface area contributed by atoms with Crippen LogP contribution in [0.2, 0.25) is 0 Å². The minimum atomic E-state index is 0.675. The smallest absolute Gasteiger partial charge is 0.123 e. The molecule has 3 heteroatoms. The highest BCUT2D eigenvalue weighted by Crippen LogP contribution is 2.24. The van der Waals surface area contributed by atoms with Gasteiger partial charge in [-0.1, -0.05) is 18.2 Å². The molecule has 0 aromatic heterocycles. The molecule has 3 rings (SSSR count). The topological polar surface area (TPSA) is 24.5 Å². The van der Waals surface area contributed by atoms with Gasteiger partial charge in [-0.3, -0.25) is 4.90 Å². The van der Waals surface area contributed by atoms with E-state index >= 15 is 0 Å². The first-order valence-electron chi connectivity index (χ1n) is 7.47. The van der Waals surface area contributed by atoms with Gasteiger partial charge in [0.2, 0.25) is 0 Å². The van der Waals surface area contributed by atoms with E-state index in [1.54, 1.807) is 0 Å². The second-order valence-corrected chi connectivity index (χ2v) is 5.94. The lowest BCUT2D eigenvalue weighted by Crippen LogP contribution is -2.40. The van der Waals surface area contributed by atoms with Crippen molar-refractivity contribution in [3.8, 4) is 5.75 Å². The minimum absolute atomic E-state index is 0.675. The van der Waals surface area contributed by atoms with Gasteiger partial charge >= 0.3 is 0 Å². The number of para-hydroxylation sites is 1. The van der Waals surface area contributed by atoms with E-state index in [1.165, 1.54) is 31.5 Å². The predicted octanol–water partition coefficient (Wildman–Crippen LogP) is 2.27. The molecule has 2 unspecified atom stereocenters. The molecular weight excluding hydrogens is 236 g/mol. The Morgan fingerprint density at radius 2 is 2.26 bits per heavy atom. The van der Waals surface area contributed by atoms with Crippen molar-refractivity contribution in [1.29, 1.82) is 0 Å². The fraction of sp³-hybridized carbons (Fsp3) is 0.625. The van der Waals surface area contributed by atoms with Gasteiger partial charge in [-0.25, -0.2) is 0 Å². The van der Waals surface area contributed by atoms with E-state index in [4.69, 9.17) is 4.74 Å². The number of ether oxygens (including phenoxy) is 1. The minimum Gasteiger partial charge on any atom is -0.492 e. The SMILES string of the molecule is CC1CC(CN2CCOc3ccccc3C2)CCN1. The number of nitrogens with one attached hydrogen (secondary N) is 1. The number of benzene rings is 1. The molecule has 1 N–H and O–H groups in total. The monoisotopic (exact) mass is 260 g/mol. The van der Waals surface area contributed by atoms with Crippen LogP contribution >= 0.6 is 0 Å². The summed E-state index contributed by atoms with van der Waals surface area (Å²) in [6.45, 7) is 7.59. The van der Waals surface area contributed by atoms with Crippen molar-refractivity contribution in [2.75, 3.05) is 26.2 Å². The first-order chi connectivity index (χ1) is 9.31. The van der Waals surface area contributed by atoms with Gasteiger partial charge in [0, 0.05) is 31.2 Å². The molecule has 0 radical (unpaired) electrons. The van der Waals surface area contributed by atoms with E-state index in [2.05, 4.69) is 41.4 Å². The van der Waals surface area contributed by atoms with Crippen LogP contribution in [0.15, 0.2) is 24.3 Å². The fourth-order valence-corrected chi connectivity index (χ4v) is 3.30. The molecule has 1 aromatic carbocycles. The maximum Gasteiger partial charge on any atom is 0.123 e. The summed E-state index contributed by atoms with van der Waals surface area (Å²) in [6, 6.07) is 9.13. The van der Waals surface area contributed by atoms with Crippen molar-refractivity contribution in [2.24, 2.45) is 5.92 Å². The number of fused-ring (bicyclic) bond motifs is 1. The normalized spacial score (nSPS) is 28.3. The highest BCUT2D eigenvalue weighted by Gasteiger charge is 2.22. The first kappa shape index (κ1) is 12.9. The average molecular weight is 260 g/mol. The molecule has 104 valence electrons. The zero-order chi connectivity index (χ0) is 13.1. The van der Waals surface area contributed by atoms with Crippen LogP contribution in [-0.4, -0.2) is 37.2 Å². The Bertz CT molecular complexity index is 421. The molecule has 0 spiro atoms. The van der Waals surface area contributed by atoms with Crippen LogP contribution in [0.1, 0.15) is 25.3 Å². The lowest BCUT2D eigenvalue weighted by Gasteiger charge is -2.32. The van der Waals surface area contributed by atoms with Crippen molar-refractivity contribution >= 4 is 0 Å². The fourth-order valence-electron chi connectivity index (χ4n) is 3.30. The summed E-state index contributed by atoms with van der Waals surface area (Å²) in [7, 11) is 0. The van der Waals surface area contributed by atoms with Gasteiger partial charge in [0.1, 0.15) is 12.4 Å². The van der Waals surface area contributed by atoms with Gasteiger partial charge in [-0.15, -0.1) is 0 Å². The third kappa shape index (κ3) is 3.28. The summed E-state index contributed by atoms with van der Waals surface area (Å²) in [5, 5.41) is 3.53. The Morgan fingerprint density at radius 3 is 3.16 bits per heavy atom. The lowest BCUT2D eigenvalue weighted by atomic mass is 9.92. The van der Waals surface area contributed by atoms with Crippen molar-refractivity contribution < 1.29 is 4.74 Å². The van der Waals surface area contributed by atoms with Gasteiger partial charge in [0.15, 0.2) is 0 Å². The molecule has 19 heavy (non-hydrogen) atoms. The molecule has 2 atom stereocenters. The number of hydrogen-bond donors (Lipinski definition) is 1. The molecular formula is C16H24N2O. The van der Waals surface area contributed by atoms with Crippen LogP contribution in [0, 0.1) is 5.92 Å². The number of piperidine rings is 1. The van der Waals surface area contributed by atoms with E-state index < -0.39 is 0 Å². The molecule has 1 aromatic rings. The summed E-state index contributed by atoms with van der Waals surface area (Å²) >= 11 is 0. The Morgan fingerprint density at radius 1 is 1.37 bits per heavy atom. The van der Waals surface area contributed by atoms with Crippen molar-refractivity contribution in [2.45, 2.75) is 32.4 Å². The van der Waals surface area contributed by atoms with Crippen molar-refractivity contribution in [3.05, 3.63) is 29.8 Å². The Kier molecular flexibility index (Phi) is 4.04. The van der Waals surface area contributed by atoms with Crippen LogP contribution in [0.3, 0.4) is 0 Å². The quantitative estimate of drug-likeness (QED) is 0.883. The molecule has 0 saturated carbocycles. The van der Waals surface area contributed by atoms with Crippen LogP contribution < -0.4 is 10.1 Å². The molecule has 0 bridgehead atoms. The Labute approximate surface area is 115 Å². The summed E-state index contributed by atoms with van der Waals surface area (Å²) in [5.41, 5.74) is 1.34. The molecule has 3 nitrogen and oxygen atoms in total. The van der Waals surface area contributed by atoms with Gasteiger partial charge < -0.3 is 10.1 Å². The van der Waals surface area contributed by atoms with Gasteiger partial charge in [0.05, 0.1) is 0 Å². The van der Waals surface area contributed by atoms with Crippen LogP contribution in [-0.2, 0) is 6.54 Å². The summed E-state index contributed by atoms with van der Waals surface area (Å²) in [6.07, 6.45) is 2.61. The molecule has 2 aliphatic heterocycles. The highest BCUT2D eigenvalue weighted by atomic mass is 16.5. The second kappa shape index (κ2) is 5.93. The van der Waals surface area contributed by atoms with E-state index in [1.807, 2.05) is 0 Å². The van der Waals surface area contributed by atoms with Gasteiger partial charge in [-0.2, -0.15) is 0 Å². The Hall–Kier alpha value is -1.06. The maximum atomic E-state index is 5.83. The van der Waals surface area contributed by atoms with E-state index in [0.29, 0.717) is 6.04 Å². The molecule has 0 amide bonds. The maximum absolute atomic E-state index is 5.83. The summed E-state index contributed by atoms with van der Waals surface area (Å²) in [4.78, 5) is 2.56. The zero-order valence-corrected chi connectivity index (χ0v) is 11.8. The third-order valence-corrected chi connectivity index (χ3v) is 4.28. The summed E-state index contributed by atoms with van der Waals surface area (Å²) in [5.74, 6) is 1.91. The zero-order valence-electron chi connectivity index (χ0n) is 11.8. The van der Waals surface area contributed by atoms with E-state index in [0.717, 1.165) is 31.4 Å². The van der Waals surface area contributed by atoms with Crippen molar-refractivity contribution in [3.63, 3.8) is 0 Å². The first-order valence-corrected chi connectivity index (χ1v) is 7.47. The van der Waals surface area contributed by atoms with E-state index in [9.17, 15) is 0 Å². The molecule has 1 saturated heterocycles. The van der Waals surface area contributed by atoms with Crippen LogP contribution in [0.5, 0.6) is 5.75 Å². The lowest BCUT2D eigenvalue weighted by molar-refractivity contribution is 0.171. The largest absolute Gasteiger partial charge is 0.492 e. The van der Waals surface area contributed by atoms with E-state index in [-0.39, 0.29) is 0 Å². The molecule has 2 heterocycles. The molecule has 2 aliphatic rings. The number of rotatable bonds is 2. The predicted molar refractivity (Wildman–Crippen MR) is 77.4 cm³/mol. The number of nitrogens with zero attached hydrogens (tertiary/aromatic N) is 1. The molecule has 0 aliphatic carbocycles. The van der Waals surface area contributed by atoms with Crippen LogP contribution in [0.25, 0.3) is 0 Å². The third-order valence-electron chi connectivity index (χ3n) is 4.28. The molecule has 1 fully saturated rings. The van der Waals surface area contributed by atoms with Crippen molar-refractivity contribution in [1.82, 2.24) is 10.2 Å². The van der Waals surface area contributed by atoms with Gasteiger partial charge in [-0.05, 0) is 38.3 Å². The average Bonchev–Trinajstić information content (AvgIpc) is 2.60. The summed E-state index contributed by atoms with van der Waals surface area (Å²) < 4.78 is 5.83. The Balaban J connectivity index is 1.63. The van der Waals surface area contributed by atoms with Gasteiger partial charge in [0.25, 0.3) is 0 Å². The standard InChI is InChI=1S/C16H24N2O/c1-13-10-14(6-7-17-13)11-18-8-9-19-16-5-3-2-4-15(16)12-18/h2-5,13-14,17H,6-12H2,1H3. The second-order valence-electron chi connectivity index (χ2n) is 5.94. The number of hydrogen-bond acceptors (Lipinski definition) is 3. The van der Waals surface area contributed by atoms with Crippen LogP contribution in [0.4, 0.5) is 0 Å². The highest BCUT2D eigenvalue weighted by molar-refractivity contribution is 5.33.